The van der Waals surface area contributed by atoms with Gasteiger partial charge in [0.05, 0.1) is 6.04 Å². The Hall–Kier alpha value is -3.88. The summed E-state index contributed by atoms with van der Waals surface area (Å²) in [5.74, 6) is 0.509. The molecule has 0 saturated carbocycles. The molecule has 1 fully saturated rings. The maximum atomic E-state index is 13.5. The maximum absolute atomic E-state index is 13.5. The van der Waals surface area contributed by atoms with Gasteiger partial charge in [0, 0.05) is 26.1 Å². The number of fused-ring (bicyclic) bond motifs is 1. The summed E-state index contributed by atoms with van der Waals surface area (Å²) in [5, 5.41) is 15.8. The summed E-state index contributed by atoms with van der Waals surface area (Å²) >= 11 is 0. The Bertz CT molecular complexity index is 1240. The number of piperidine rings is 1. The van der Waals surface area contributed by atoms with Crippen LogP contribution >= 0.6 is 0 Å². The molecular weight excluding hydrogens is 421 g/mol. The van der Waals surface area contributed by atoms with Gasteiger partial charge in [-0.3, -0.25) is 4.79 Å². The van der Waals surface area contributed by atoms with Crippen LogP contribution in [0.2, 0.25) is 0 Å². The number of hydrogen-bond acceptors (Lipinski definition) is 6. The van der Waals surface area contributed by atoms with E-state index < -0.39 is 0 Å². The normalized spacial score (nSPS) is 15.5. The van der Waals surface area contributed by atoms with Gasteiger partial charge in [-0.05, 0) is 58.7 Å². The number of amides is 1. The van der Waals surface area contributed by atoms with E-state index in [9.17, 15) is 9.18 Å². The zero-order valence-electron chi connectivity index (χ0n) is 18.3. The second-order valence-corrected chi connectivity index (χ2v) is 8.29. The largest absolute Gasteiger partial charge is 0.355 e. The molecule has 1 aliphatic rings. The van der Waals surface area contributed by atoms with E-state index in [0.717, 1.165) is 42.9 Å². The fourth-order valence-electron chi connectivity index (χ4n) is 4.50. The van der Waals surface area contributed by atoms with Gasteiger partial charge in [-0.2, -0.15) is 0 Å². The van der Waals surface area contributed by atoms with E-state index in [2.05, 4.69) is 25.5 Å². The van der Waals surface area contributed by atoms with Crippen molar-refractivity contribution in [2.45, 2.75) is 18.9 Å². The molecule has 1 unspecified atom stereocenters. The summed E-state index contributed by atoms with van der Waals surface area (Å²) in [6, 6.07) is 19.7. The molecule has 4 aromatic rings. The number of benzene rings is 2. The average Bonchev–Trinajstić information content (AvgIpc) is 3.34. The Kier molecular flexibility index (Phi) is 5.68. The van der Waals surface area contributed by atoms with E-state index in [4.69, 9.17) is 0 Å². The first-order valence-corrected chi connectivity index (χ1v) is 11.0. The van der Waals surface area contributed by atoms with E-state index in [-0.39, 0.29) is 23.7 Å². The quantitative estimate of drug-likeness (QED) is 0.470. The summed E-state index contributed by atoms with van der Waals surface area (Å²) in [4.78, 5) is 17.5. The molecule has 3 heterocycles. The van der Waals surface area contributed by atoms with E-state index in [1.165, 1.54) is 16.8 Å². The van der Waals surface area contributed by atoms with E-state index in [1.807, 2.05) is 49.5 Å². The highest BCUT2D eigenvalue weighted by molar-refractivity contribution is 5.80. The number of rotatable bonds is 5. The zero-order chi connectivity index (χ0) is 22.8. The number of carbonyl (C=O) groups excluding carboxylic acids is 1. The second-order valence-electron chi connectivity index (χ2n) is 8.29. The minimum atomic E-state index is -0.291. The van der Waals surface area contributed by atoms with Crippen LogP contribution in [-0.4, -0.2) is 56.2 Å². The number of tetrazole rings is 1. The summed E-state index contributed by atoms with van der Waals surface area (Å²) in [7, 11) is 1.84. The van der Waals surface area contributed by atoms with Crippen molar-refractivity contribution in [2.75, 3.05) is 25.0 Å². The van der Waals surface area contributed by atoms with Crippen LogP contribution in [0.1, 0.15) is 30.0 Å². The molecule has 0 radical (unpaired) electrons. The molecule has 1 amide bonds. The lowest BCUT2D eigenvalue weighted by molar-refractivity contribution is -0.136. The van der Waals surface area contributed by atoms with Gasteiger partial charge in [0.25, 0.3) is 0 Å². The number of aromatic nitrogens is 5. The van der Waals surface area contributed by atoms with Crippen molar-refractivity contribution in [3.63, 3.8) is 0 Å². The van der Waals surface area contributed by atoms with Crippen LogP contribution in [0.15, 0.2) is 66.7 Å². The van der Waals surface area contributed by atoms with E-state index >= 15 is 0 Å². The molecule has 0 aliphatic carbocycles. The van der Waals surface area contributed by atoms with E-state index in [1.54, 1.807) is 17.0 Å². The SMILES string of the molecule is CN(C(=O)C1CCN(c2ccc3nnnn3n2)CC1)C(c1ccccc1)c1ccc(F)cc1. The van der Waals surface area contributed by atoms with Crippen molar-refractivity contribution in [1.29, 1.82) is 0 Å². The van der Waals surface area contributed by atoms with Gasteiger partial charge in [0.15, 0.2) is 11.5 Å². The monoisotopic (exact) mass is 445 g/mol. The molecule has 0 spiro atoms. The smallest absolute Gasteiger partial charge is 0.226 e. The topological polar surface area (TPSA) is 79.5 Å². The van der Waals surface area contributed by atoms with Crippen molar-refractivity contribution < 1.29 is 9.18 Å². The van der Waals surface area contributed by atoms with Crippen molar-refractivity contribution in [2.24, 2.45) is 5.92 Å². The van der Waals surface area contributed by atoms with Gasteiger partial charge in [0.2, 0.25) is 5.91 Å². The van der Waals surface area contributed by atoms with Crippen molar-refractivity contribution in [3.8, 4) is 0 Å². The highest BCUT2D eigenvalue weighted by Gasteiger charge is 2.32. The third-order valence-electron chi connectivity index (χ3n) is 6.26. The number of carbonyl (C=O) groups is 1. The predicted molar refractivity (Wildman–Crippen MR) is 121 cm³/mol. The highest BCUT2D eigenvalue weighted by atomic mass is 19.1. The fourth-order valence-corrected chi connectivity index (χ4v) is 4.50. The minimum absolute atomic E-state index is 0.0883. The number of hydrogen-bond donors (Lipinski definition) is 0. The molecule has 9 heteroatoms. The lowest BCUT2D eigenvalue weighted by Gasteiger charge is -2.36. The predicted octanol–water partition coefficient (Wildman–Crippen LogP) is 3.12. The van der Waals surface area contributed by atoms with Crippen LogP contribution in [0, 0.1) is 11.7 Å². The molecule has 8 nitrogen and oxygen atoms in total. The van der Waals surface area contributed by atoms with Crippen LogP contribution in [0.4, 0.5) is 10.2 Å². The first-order chi connectivity index (χ1) is 16.1. The van der Waals surface area contributed by atoms with Gasteiger partial charge in [0.1, 0.15) is 5.82 Å². The van der Waals surface area contributed by atoms with Crippen LogP contribution in [0.5, 0.6) is 0 Å². The van der Waals surface area contributed by atoms with Crippen molar-refractivity contribution in [3.05, 3.63) is 83.7 Å². The Morgan fingerprint density at radius 1 is 1.00 bits per heavy atom. The third-order valence-corrected chi connectivity index (χ3v) is 6.26. The molecule has 1 saturated heterocycles. The van der Waals surface area contributed by atoms with Gasteiger partial charge in [-0.1, -0.05) is 42.5 Å². The Morgan fingerprint density at radius 2 is 1.70 bits per heavy atom. The lowest BCUT2D eigenvalue weighted by Crippen LogP contribution is -2.43. The third kappa shape index (κ3) is 4.26. The number of halogens is 1. The van der Waals surface area contributed by atoms with Gasteiger partial charge < -0.3 is 9.80 Å². The Labute approximate surface area is 190 Å². The lowest BCUT2D eigenvalue weighted by atomic mass is 9.92. The van der Waals surface area contributed by atoms with Crippen molar-refractivity contribution in [1.82, 2.24) is 30.2 Å². The molecule has 33 heavy (non-hydrogen) atoms. The van der Waals surface area contributed by atoms with Gasteiger partial charge in [-0.25, -0.2) is 4.39 Å². The molecule has 5 rings (SSSR count). The number of anilines is 1. The summed E-state index contributed by atoms with van der Waals surface area (Å²) in [6.07, 6.45) is 1.45. The van der Waals surface area contributed by atoms with Crippen LogP contribution in [0.25, 0.3) is 5.65 Å². The first kappa shape index (κ1) is 21.0. The number of nitrogens with zero attached hydrogens (tertiary/aromatic N) is 7. The molecule has 2 aromatic heterocycles. The molecule has 1 atom stereocenters. The molecular formula is C24H24FN7O. The van der Waals surface area contributed by atoms with Crippen LogP contribution in [-0.2, 0) is 4.79 Å². The zero-order valence-corrected chi connectivity index (χ0v) is 18.3. The molecule has 1 aliphatic heterocycles. The van der Waals surface area contributed by atoms with Gasteiger partial charge >= 0.3 is 0 Å². The average molecular weight is 446 g/mol. The van der Waals surface area contributed by atoms with Gasteiger partial charge in [-0.15, -0.1) is 14.8 Å². The first-order valence-electron chi connectivity index (χ1n) is 11.0. The summed E-state index contributed by atoms with van der Waals surface area (Å²) in [6.45, 7) is 1.44. The summed E-state index contributed by atoms with van der Waals surface area (Å²) < 4.78 is 15.0. The van der Waals surface area contributed by atoms with Crippen LogP contribution < -0.4 is 4.90 Å². The minimum Gasteiger partial charge on any atom is -0.355 e. The Balaban J connectivity index is 1.31. The second kappa shape index (κ2) is 8.93. The molecule has 0 bridgehead atoms. The fraction of sp³-hybridized carbons (Fsp3) is 0.292. The molecule has 2 aromatic carbocycles. The highest BCUT2D eigenvalue weighted by Crippen LogP contribution is 2.31. The molecule has 168 valence electrons. The summed E-state index contributed by atoms with van der Waals surface area (Å²) in [5.41, 5.74) is 2.48. The molecule has 0 N–H and O–H groups in total. The van der Waals surface area contributed by atoms with Crippen molar-refractivity contribution >= 4 is 17.4 Å². The van der Waals surface area contributed by atoms with E-state index in [0.29, 0.717) is 5.65 Å². The maximum Gasteiger partial charge on any atom is 0.226 e. The van der Waals surface area contributed by atoms with Crippen LogP contribution in [0.3, 0.4) is 0 Å². The standard InChI is InChI=1S/C24H24FN7O/c1-30(23(17-5-3-2-4-6-17)18-7-9-20(25)10-8-18)24(33)19-13-15-31(16-14-19)22-12-11-21-26-28-29-32(21)27-22/h2-12,19,23H,13-16H2,1H3. The Morgan fingerprint density at radius 3 is 2.42 bits per heavy atom.